The van der Waals surface area contributed by atoms with E-state index < -0.39 is 17.7 Å². The van der Waals surface area contributed by atoms with Crippen LogP contribution in [0.25, 0.3) is 5.76 Å². The van der Waals surface area contributed by atoms with E-state index in [4.69, 9.17) is 4.74 Å². The molecule has 3 aromatic rings. The van der Waals surface area contributed by atoms with Crippen LogP contribution in [0.3, 0.4) is 0 Å². The Morgan fingerprint density at radius 3 is 2.10 bits per heavy atom. The maximum Gasteiger partial charge on any atom is 0.300 e. The van der Waals surface area contributed by atoms with Crippen LogP contribution < -0.4 is 9.64 Å². The third-order valence-electron chi connectivity index (χ3n) is 5.03. The number of ketones is 1. The van der Waals surface area contributed by atoms with Crippen molar-refractivity contribution in [1.29, 1.82) is 0 Å². The van der Waals surface area contributed by atoms with Crippen LogP contribution in [0.1, 0.15) is 24.1 Å². The van der Waals surface area contributed by atoms with Crippen LogP contribution in [-0.4, -0.2) is 23.4 Å². The van der Waals surface area contributed by atoms with Crippen molar-refractivity contribution >= 4 is 23.1 Å². The van der Waals surface area contributed by atoms with Gasteiger partial charge in [-0.1, -0.05) is 60.7 Å². The quantitative estimate of drug-likeness (QED) is 0.383. The number of para-hydroxylation sites is 1. The molecule has 1 heterocycles. The number of hydrogen-bond acceptors (Lipinski definition) is 4. The summed E-state index contributed by atoms with van der Waals surface area (Å²) in [6.07, 6.45) is 0. The molecule has 4 rings (SSSR count). The fraction of sp³-hybridized carbons (Fsp3) is 0.120. The Morgan fingerprint density at radius 1 is 0.900 bits per heavy atom. The lowest BCUT2D eigenvalue weighted by molar-refractivity contribution is -0.132. The predicted molar refractivity (Wildman–Crippen MR) is 115 cm³/mol. The normalized spacial score (nSPS) is 17.9. The van der Waals surface area contributed by atoms with Gasteiger partial charge in [0.05, 0.1) is 18.2 Å². The molecule has 1 amide bonds. The zero-order chi connectivity index (χ0) is 21.1. The first-order valence-corrected chi connectivity index (χ1v) is 9.76. The Morgan fingerprint density at radius 2 is 1.50 bits per heavy atom. The number of aliphatic hydroxyl groups excluding tert-OH is 1. The van der Waals surface area contributed by atoms with Crippen molar-refractivity contribution in [2.45, 2.75) is 13.0 Å². The van der Waals surface area contributed by atoms with Gasteiger partial charge in [-0.05, 0) is 36.8 Å². The van der Waals surface area contributed by atoms with E-state index in [-0.39, 0.29) is 11.3 Å². The lowest BCUT2D eigenvalue weighted by atomic mass is 9.95. The van der Waals surface area contributed by atoms with Gasteiger partial charge in [-0.25, -0.2) is 0 Å². The highest BCUT2D eigenvalue weighted by Gasteiger charge is 2.46. The average molecular weight is 399 g/mol. The van der Waals surface area contributed by atoms with Gasteiger partial charge in [0.15, 0.2) is 0 Å². The minimum absolute atomic E-state index is 0.0687. The molecule has 150 valence electrons. The summed E-state index contributed by atoms with van der Waals surface area (Å²) >= 11 is 0. The van der Waals surface area contributed by atoms with Gasteiger partial charge in [-0.15, -0.1) is 0 Å². The highest BCUT2D eigenvalue weighted by Crippen LogP contribution is 2.42. The largest absolute Gasteiger partial charge is 0.507 e. The number of hydrogen-bond donors (Lipinski definition) is 1. The highest BCUT2D eigenvalue weighted by atomic mass is 16.5. The average Bonchev–Trinajstić information content (AvgIpc) is 3.06. The Kier molecular flexibility index (Phi) is 5.35. The molecule has 1 unspecified atom stereocenters. The molecular weight excluding hydrogens is 378 g/mol. The molecule has 0 saturated carbocycles. The first-order chi connectivity index (χ1) is 14.6. The second-order valence-corrected chi connectivity index (χ2v) is 6.87. The Bertz CT molecular complexity index is 1090. The van der Waals surface area contributed by atoms with Crippen LogP contribution in [0.2, 0.25) is 0 Å². The van der Waals surface area contributed by atoms with Gasteiger partial charge in [0.2, 0.25) is 0 Å². The van der Waals surface area contributed by atoms with E-state index in [1.807, 2.05) is 31.2 Å². The second kappa shape index (κ2) is 8.25. The number of rotatable bonds is 5. The fourth-order valence-electron chi connectivity index (χ4n) is 3.67. The molecule has 0 bridgehead atoms. The van der Waals surface area contributed by atoms with Crippen LogP contribution in [0.15, 0.2) is 90.5 Å². The fourth-order valence-corrected chi connectivity index (χ4v) is 3.67. The summed E-state index contributed by atoms with van der Waals surface area (Å²) in [7, 11) is 0. The zero-order valence-electron chi connectivity index (χ0n) is 16.5. The Hall–Kier alpha value is -3.86. The van der Waals surface area contributed by atoms with E-state index in [0.717, 1.165) is 0 Å². The van der Waals surface area contributed by atoms with Crippen LogP contribution in [0, 0.1) is 0 Å². The molecule has 1 saturated heterocycles. The molecule has 30 heavy (non-hydrogen) atoms. The minimum Gasteiger partial charge on any atom is -0.507 e. The number of ether oxygens (including phenoxy) is 1. The summed E-state index contributed by atoms with van der Waals surface area (Å²) in [5, 5.41) is 11.0. The van der Waals surface area contributed by atoms with E-state index in [0.29, 0.717) is 29.2 Å². The summed E-state index contributed by atoms with van der Waals surface area (Å²) in [5.74, 6) is -0.871. The summed E-state index contributed by atoms with van der Waals surface area (Å²) in [5.41, 5.74) is 1.85. The molecule has 5 nitrogen and oxygen atoms in total. The van der Waals surface area contributed by atoms with Crippen molar-refractivity contribution in [1.82, 2.24) is 0 Å². The van der Waals surface area contributed by atoms with E-state index in [1.165, 1.54) is 4.90 Å². The molecule has 3 aromatic carbocycles. The predicted octanol–water partition coefficient (Wildman–Crippen LogP) is 4.71. The van der Waals surface area contributed by atoms with E-state index >= 15 is 0 Å². The topological polar surface area (TPSA) is 66.8 Å². The molecule has 0 spiro atoms. The highest BCUT2D eigenvalue weighted by molar-refractivity contribution is 6.51. The number of aliphatic hydroxyl groups is 1. The Labute approximate surface area is 174 Å². The third-order valence-corrected chi connectivity index (χ3v) is 5.03. The van der Waals surface area contributed by atoms with Crippen LogP contribution in [0.5, 0.6) is 5.75 Å². The summed E-state index contributed by atoms with van der Waals surface area (Å²) < 4.78 is 5.51. The van der Waals surface area contributed by atoms with Crippen LogP contribution in [0.4, 0.5) is 5.69 Å². The molecule has 1 N–H and O–H groups in total. The first kappa shape index (κ1) is 19.5. The van der Waals surface area contributed by atoms with Gasteiger partial charge in [0, 0.05) is 11.3 Å². The number of benzene rings is 3. The lowest BCUT2D eigenvalue weighted by Gasteiger charge is -2.25. The molecule has 0 radical (unpaired) electrons. The van der Waals surface area contributed by atoms with Crippen molar-refractivity contribution in [2.75, 3.05) is 11.5 Å². The Balaban J connectivity index is 1.90. The lowest BCUT2D eigenvalue weighted by Crippen LogP contribution is -2.29. The van der Waals surface area contributed by atoms with Gasteiger partial charge >= 0.3 is 0 Å². The molecule has 5 heteroatoms. The van der Waals surface area contributed by atoms with Crippen molar-refractivity contribution in [3.63, 3.8) is 0 Å². The molecule has 1 aliphatic rings. The molecule has 1 fully saturated rings. The molecule has 1 atom stereocenters. The van der Waals surface area contributed by atoms with Crippen molar-refractivity contribution in [3.05, 3.63) is 102 Å². The standard InChI is InChI=1S/C25H21NO4/c1-2-30-20-15-13-17(14-16-20)22-21(23(27)18-9-5-3-6-10-18)24(28)25(29)26(22)19-11-7-4-8-12-19/h3-16,22,27H,2H2,1H3/b23-21-. The summed E-state index contributed by atoms with van der Waals surface area (Å²) in [4.78, 5) is 27.5. The number of carbonyl (C=O) groups is 2. The number of anilines is 1. The number of Topliss-reactive ketones (excluding diaryl/α,β-unsaturated/α-hetero) is 1. The van der Waals surface area contributed by atoms with E-state index in [1.54, 1.807) is 60.7 Å². The molecular formula is C25H21NO4. The zero-order valence-corrected chi connectivity index (χ0v) is 16.5. The maximum absolute atomic E-state index is 13.0. The van der Waals surface area contributed by atoms with Crippen molar-refractivity contribution < 1.29 is 19.4 Å². The van der Waals surface area contributed by atoms with Crippen LogP contribution in [-0.2, 0) is 9.59 Å². The third kappa shape index (κ3) is 3.46. The number of amides is 1. The number of carbonyl (C=O) groups excluding carboxylic acids is 2. The first-order valence-electron chi connectivity index (χ1n) is 9.76. The van der Waals surface area contributed by atoms with Gasteiger partial charge in [0.1, 0.15) is 11.5 Å². The molecule has 0 aromatic heterocycles. The van der Waals surface area contributed by atoms with Crippen molar-refractivity contribution in [3.8, 4) is 5.75 Å². The van der Waals surface area contributed by atoms with Gasteiger partial charge in [0.25, 0.3) is 11.7 Å². The van der Waals surface area contributed by atoms with E-state index in [9.17, 15) is 14.7 Å². The van der Waals surface area contributed by atoms with Crippen molar-refractivity contribution in [2.24, 2.45) is 0 Å². The van der Waals surface area contributed by atoms with Gasteiger partial charge < -0.3 is 9.84 Å². The minimum atomic E-state index is -0.747. The van der Waals surface area contributed by atoms with Gasteiger partial charge in [-0.3, -0.25) is 14.5 Å². The molecule has 0 aliphatic carbocycles. The number of nitrogens with zero attached hydrogens (tertiary/aromatic N) is 1. The summed E-state index contributed by atoms with van der Waals surface area (Å²) in [6.45, 7) is 2.44. The van der Waals surface area contributed by atoms with Gasteiger partial charge in [-0.2, -0.15) is 0 Å². The maximum atomic E-state index is 13.0. The van der Waals surface area contributed by atoms with Crippen LogP contribution >= 0.6 is 0 Å². The second-order valence-electron chi connectivity index (χ2n) is 6.87. The van der Waals surface area contributed by atoms with E-state index in [2.05, 4.69) is 0 Å². The molecule has 1 aliphatic heterocycles. The summed E-state index contributed by atoms with van der Waals surface area (Å²) in [6, 6.07) is 24.3. The monoisotopic (exact) mass is 399 g/mol. The smallest absolute Gasteiger partial charge is 0.300 e. The SMILES string of the molecule is CCOc1ccc(C2/C(=C(/O)c3ccccc3)C(=O)C(=O)N2c2ccccc2)cc1.